The van der Waals surface area contributed by atoms with Crippen LogP contribution in [0.4, 0.5) is 11.4 Å². The molecule has 0 aromatic heterocycles. The van der Waals surface area contributed by atoms with E-state index in [1.807, 2.05) is 6.07 Å². The number of para-hydroxylation sites is 1. The minimum atomic E-state index is 1.08. The Balaban J connectivity index is 1.82. The van der Waals surface area contributed by atoms with Gasteiger partial charge in [0.25, 0.3) is 0 Å². The van der Waals surface area contributed by atoms with E-state index >= 15 is 0 Å². The van der Waals surface area contributed by atoms with E-state index in [1.54, 1.807) is 0 Å². The number of allylic oxidation sites excluding steroid dienone is 2. The van der Waals surface area contributed by atoms with Crippen molar-refractivity contribution in [3.8, 4) is 0 Å². The molecule has 0 amide bonds. The Kier molecular flexibility index (Phi) is 6.44. The summed E-state index contributed by atoms with van der Waals surface area (Å²) in [5.41, 5.74) is 9.48. The van der Waals surface area contributed by atoms with E-state index in [9.17, 15) is 0 Å². The Morgan fingerprint density at radius 3 is 1.65 bits per heavy atom. The number of rotatable bonds is 6. The maximum absolute atomic E-state index is 3.61. The van der Waals surface area contributed by atoms with E-state index in [1.165, 1.54) is 33.4 Å². The van der Waals surface area contributed by atoms with Crippen molar-refractivity contribution in [1.82, 2.24) is 0 Å². The highest BCUT2D eigenvalue weighted by Crippen LogP contribution is 2.31. The van der Waals surface area contributed by atoms with Crippen molar-refractivity contribution in [3.05, 3.63) is 131 Å². The molecule has 31 heavy (non-hydrogen) atoms. The predicted octanol–water partition coefficient (Wildman–Crippen LogP) is 8.55. The molecule has 0 aliphatic heterocycles. The van der Waals surface area contributed by atoms with Crippen LogP contribution in [0.25, 0.3) is 23.3 Å². The first kappa shape index (κ1) is 20.4. The van der Waals surface area contributed by atoms with Gasteiger partial charge in [-0.1, -0.05) is 97.1 Å². The van der Waals surface area contributed by atoms with Crippen molar-refractivity contribution >= 4 is 34.7 Å². The zero-order valence-electron chi connectivity index (χ0n) is 18.0. The topological polar surface area (TPSA) is 12.0 Å². The summed E-state index contributed by atoms with van der Waals surface area (Å²) < 4.78 is 0. The Morgan fingerprint density at radius 1 is 0.548 bits per heavy atom. The fourth-order valence-electron chi connectivity index (χ4n) is 3.67. The monoisotopic (exact) mass is 401 g/mol. The van der Waals surface area contributed by atoms with E-state index in [2.05, 4.69) is 134 Å². The van der Waals surface area contributed by atoms with E-state index in [0.717, 1.165) is 11.4 Å². The summed E-state index contributed by atoms with van der Waals surface area (Å²) in [6.45, 7) is 4.34. The average Bonchev–Trinajstić information content (AvgIpc) is 2.83. The van der Waals surface area contributed by atoms with Gasteiger partial charge in [0.05, 0.1) is 0 Å². The minimum Gasteiger partial charge on any atom is -0.355 e. The summed E-state index contributed by atoms with van der Waals surface area (Å²) in [4.78, 5) is 0. The third-order valence-corrected chi connectivity index (χ3v) is 5.38. The van der Waals surface area contributed by atoms with Crippen molar-refractivity contribution < 1.29 is 0 Å². The quantitative estimate of drug-likeness (QED) is 0.319. The molecule has 1 heteroatoms. The first-order valence-corrected chi connectivity index (χ1v) is 10.6. The zero-order chi connectivity index (χ0) is 21.5. The van der Waals surface area contributed by atoms with Crippen LogP contribution in [0.5, 0.6) is 0 Å². The third-order valence-electron chi connectivity index (χ3n) is 5.38. The molecule has 0 spiro atoms. The SMILES string of the molecule is CC(=Cc1cccc(Nc2ccccc2)c1C=C(C)c1ccccc1)c1ccccc1. The molecule has 4 aromatic carbocycles. The van der Waals surface area contributed by atoms with Crippen LogP contribution in [0.1, 0.15) is 36.1 Å². The first-order chi connectivity index (χ1) is 15.2. The average molecular weight is 402 g/mol. The molecule has 0 bridgehead atoms. The molecular formula is C30H27N. The highest BCUT2D eigenvalue weighted by Gasteiger charge is 2.08. The second-order valence-electron chi connectivity index (χ2n) is 7.69. The maximum atomic E-state index is 3.61. The Hall–Kier alpha value is -3.84. The molecule has 0 fully saturated rings. The van der Waals surface area contributed by atoms with Crippen LogP contribution in [0.15, 0.2) is 109 Å². The molecule has 4 rings (SSSR count). The number of hydrogen-bond acceptors (Lipinski definition) is 1. The van der Waals surface area contributed by atoms with Gasteiger partial charge in [-0.05, 0) is 66.0 Å². The molecule has 0 saturated heterocycles. The fourth-order valence-corrected chi connectivity index (χ4v) is 3.67. The summed E-state index contributed by atoms with van der Waals surface area (Å²) in [6.07, 6.45) is 4.56. The number of anilines is 2. The van der Waals surface area contributed by atoms with Crippen LogP contribution in [-0.4, -0.2) is 0 Å². The molecule has 0 unspecified atom stereocenters. The van der Waals surface area contributed by atoms with Crippen LogP contribution < -0.4 is 5.32 Å². The molecule has 4 aromatic rings. The van der Waals surface area contributed by atoms with Crippen molar-refractivity contribution in [2.45, 2.75) is 13.8 Å². The van der Waals surface area contributed by atoms with Gasteiger partial charge >= 0.3 is 0 Å². The highest BCUT2D eigenvalue weighted by molar-refractivity contribution is 5.92. The van der Waals surface area contributed by atoms with E-state index in [0.29, 0.717) is 0 Å². The van der Waals surface area contributed by atoms with Crippen molar-refractivity contribution in [2.75, 3.05) is 5.32 Å². The van der Waals surface area contributed by atoms with E-state index in [-0.39, 0.29) is 0 Å². The lowest BCUT2D eigenvalue weighted by Gasteiger charge is -2.14. The minimum absolute atomic E-state index is 1.08. The Morgan fingerprint density at radius 2 is 1.06 bits per heavy atom. The molecule has 0 saturated carbocycles. The molecule has 152 valence electrons. The van der Waals surface area contributed by atoms with Gasteiger partial charge < -0.3 is 5.32 Å². The standard InChI is InChI=1S/C30H27N/c1-23(25-13-6-3-7-14-25)21-27-17-12-20-30(31-28-18-10-5-11-19-28)29(27)22-24(2)26-15-8-4-9-16-26/h3-22,31H,1-2H3. The molecule has 0 aliphatic carbocycles. The van der Waals surface area contributed by atoms with Gasteiger partial charge in [0, 0.05) is 16.9 Å². The smallest absolute Gasteiger partial charge is 0.0464 e. The molecular weight excluding hydrogens is 374 g/mol. The number of benzene rings is 4. The maximum Gasteiger partial charge on any atom is 0.0464 e. The van der Waals surface area contributed by atoms with Gasteiger partial charge in [0.2, 0.25) is 0 Å². The lowest BCUT2D eigenvalue weighted by atomic mass is 9.96. The summed E-state index contributed by atoms with van der Waals surface area (Å²) in [7, 11) is 0. The molecule has 0 radical (unpaired) electrons. The second-order valence-corrected chi connectivity index (χ2v) is 7.69. The zero-order valence-corrected chi connectivity index (χ0v) is 18.0. The summed E-state index contributed by atoms with van der Waals surface area (Å²) in [6, 6.07) is 37.8. The molecule has 0 heterocycles. The van der Waals surface area contributed by atoms with E-state index < -0.39 is 0 Å². The van der Waals surface area contributed by atoms with Crippen LogP contribution in [0.3, 0.4) is 0 Å². The van der Waals surface area contributed by atoms with Gasteiger partial charge in [0.15, 0.2) is 0 Å². The summed E-state index contributed by atoms with van der Waals surface area (Å²) in [5, 5.41) is 3.61. The van der Waals surface area contributed by atoms with Crippen LogP contribution >= 0.6 is 0 Å². The number of nitrogens with one attached hydrogen (secondary N) is 1. The van der Waals surface area contributed by atoms with Crippen LogP contribution in [0.2, 0.25) is 0 Å². The molecule has 1 nitrogen and oxygen atoms in total. The first-order valence-electron chi connectivity index (χ1n) is 10.6. The molecule has 0 aliphatic rings. The summed E-state index contributed by atoms with van der Waals surface area (Å²) >= 11 is 0. The van der Waals surface area contributed by atoms with Gasteiger partial charge in [-0.2, -0.15) is 0 Å². The Labute approximate surface area is 185 Å². The predicted molar refractivity (Wildman–Crippen MR) is 136 cm³/mol. The van der Waals surface area contributed by atoms with Crippen LogP contribution in [0, 0.1) is 0 Å². The fraction of sp³-hybridized carbons (Fsp3) is 0.0667. The van der Waals surface area contributed by atoms with Gasteiger partial charge in [-0.25, -0.2) is 0 Å². The molecule has 0 atom stereocenters. The molecule has 1 N–H and O–H groups in total. The van der Waals surface area contributed by atoms with Gasteiger partial charge in [-0.3, -0.25) is 0 Å². The van der Waals surface area contributed by atoms with Crippen molar-refractivity contribution in [1.29, 1.82) is 0 Å². The lowest BCUT2D eigenvalue weighted by Crippen LogP contribution is -1.96. The largest absolute Gasteiger partial charge is 0.355 e. The number of hydrogen-bond donors (Lipinski definition) is 1. The van der Waals surface area contributed by atoms with Gasteiger partial charge in [-0.15, -0.1) is 0 Å². The van der Waals surface area contributed by atoms with E-state index in [4.69, 9.17) is 0 Å². The lowest BCUT2D eigenvalue weighted by molar-refractivity contribution is 1.50. The van der Waals surface area contributed by atoms with Crippen molar-refractivity contribution in [2.24, 2.45) is 0 Å². The normalized spacial score (nSPS) is 11.9. The summed E-state index contributed by atoms with van der Waals surface area (Å²) in [5.74, 6) is 0. The van der Waals surface area contributed by atoms with Gasteiger partial charge in [0.1, 0.15) is 0 Å². The second kappa shape index (κ2) is 9.77. The Bertz CT molecular complexity index is 1190. The van der Waals surface area contributed by atoms with Crippen LogP contribution in [-0.2, 0) is 0 Å². The van der Waals surface area contributed by atoms with Crippen molar-refractivity contribution in [3.63, 3.8) is 0 Å². The highest BCUT2D eigenvalue weighted by atomic mass is 14.9. The third kappa shape index (κ3) is 5.21.